The van der Waals surface area contributed by atoms with E-state index in [0.717, 1.165) is 18.6 Å². The highest BCUT2D eigenvalue weighted by molar-refractivity contribution is 4.90. The van der Waals surface area contributed by atoms with E-state index in [9.17, 15) is 0 Å². The summed E-state index contributed by atoms with van der Waals surface area (Å²) in [6.45, 7) is 6.78. The molecule has 2 heteroatoms. The van der Waals surface area contributed by atoms with Gasteiger partial charge in [-0.2, -0.15) is 0 Å². The van der Waals surface area contributed by atoms with Gasteiger partial charge in [0.15, 0.2) is 0 Å². The third-order valence-electron chi connectivity index (χ3n) is 5.60. The van der Waals surface area contributed by atoms with Gasteiger partial charge in [0.2, 0.25) is 0 Å². The van der Waals surface area contributed by atoms with Gasteiger partial charge in [-0.25, -0.2) is 0 Å². The number of nitrogens with one attached hydrogen (secondary N) is 1. The maximum atomic E-state index is 6.24. The maximum Gasteiger partial charge on any atom is 0.0685 e. The molecular formula is C19H37NO. The third kappa shape index (κ3) is 5.56. The topological polar surface area (TPSA) is 21.3 Å². The van der Waals surface area contributed by atoms with E-state index >= 15 is 0 Å². The van der Waals surface area contributed by atoms with Crippen LogP contribution in [0.3, 0.4) is 0 Å². The standard InChI is InChI=1S/C19H37NO/c1-3-8-18(20-14-4-2)10-9-17-11-15-21-19(16-17)12-6-5-7-13-19/h17-18,20H,3-16H2,1-2H3. The fraction of sp³-hybridized carbons (Fsp3) is 1.00. The lowest BCUT2D eigenvalue weighted by Gasteiger charge is -2.44. The van der Waals surface area contributed by atoms with Crippen LogP contribution in [0.2, 0.25) is 0 Å². The molecule has 0 amide bonds. The van der Waals surface area contributed by atoms with Crippen LogP contribution >= 0.6 is 0 Å². The zero-order chi connectivity index (χ0) is 15.0. The summed E-state index contributed by atoms with van der Waals surface area (Å²) in [5.74, 6) is 0.916. The van der Waals surface area contributed by atoms with Gasteiger partial charge in [-0.1, -0.05) is 39.5 Å². The fourth-order valence-corrected chi connectivity index (χ4v) is 4.40. The minimum atomic E-state index is 0.290. The number of hydrogen-bond donors (Lipinski definition) is 1. The fourth-order valence-electron chi connectivity index (χ4n) is 4.40. The molecule has 1 heterocycles. The van der Waals surface area contributed by atoms with E-state index < -0.39 is 0 Å². The Labute approximate surface area is 132 Å². The molecule has 2 rings (SSSR count). The molecule has 1 N–H and O–H groups in total. The van der Waals surface area contributed by atoms with Crippen molar-refractivity contribution in [3.05, 3.63) is 0 Å². The second-order valence-electron chi connectivity index (χ2n) is 7.47. The summed E-state index contributed by atoms with van der Waals surface area (Å²) >= 11 is 0. The molecule has 124 valence electrons. The summed E-state index contributed by atoms with van der Waals surface area (Å²) in [7, 11) is 0. The maximum absolute atomic E-state index is 6.24. The van der Waals surface area contributed by atoms with Gasteiger partial charge in [0.1, 0.15) is 0 Å². The number of rotatable bonds is 8. The molecule has 2 unspecified atom stereocenters. The van der Waals surface area contributed by atoms with Gasteiger partial charge in [-0.3, -0.25) is 0 Å². The summed E-state index contributed by atoms with van der Waals surface area (Å²) in [5.41, 5.74) is 0.290. The Bertz CT molecular complexity index is 267. The van der Waals surface area contributed by atoms with Crippen molar-refractivity contribution in [2.75, 3.05) is 13.2 Å². The first-order valence-electron chi connectivity index (χ1n) is 9.65. The molecule has 2 fully saturated rings. The first kappa shape index (κ1) is 17.3. The average molecular weight is 296 g/mol. The smallest absolute Gasteiger partial charge is 0.0685 e. The van der Waals surface area contributed by atoms with E-state index in [4.69, 9.17) is 4.74 Å². The van der Waals surface area contributed by atoms with Crippen LogP contribution in [-0.2, 0) is 4.74 Å². The van der Waals surface area contributed by atoms with E-state index in [2.05, 4.69) is 19.2 Å². The minimum Gasteiger partial charge on any atom is -0.375 e. The molecule has 0 radical (unpaired) electrons. The first-order valence-corrected chi connectivity index (χ1v) is 9.65. The number of ether oxygens (including phenoxy) is 1. The Morgan fingerprint density at radius 1 is 1.10 bits per heavy atom. The molecule has 2 atom stereocenters. The third-order valence-corrected chi connectivity index (χ3v) is 5.60. The largest absolute Gasteiger partial charge is 0.375 e. The molecule has 21 heavy (non-hydrogen) atoms. The molecule has 2 nitrogen and oxygen atoms in total. The Morgan fingerprint density at radius 2 is 1.90 bits per heavy atom. The monoisotopic (exact) mass is 295 g/mol. The number of hydrogen-bond acceptors (Lipinski definition) is 2. The highest BCUT2D eigenvalue weighted by Gasteiger charge is 2.38. The summed E-state index contributed by atoms with van der Waals surface area (Å²) in [6, 6.07) is 0.750. The normalized spacial score (nSPS) is 26.9. The van der Waals surface area contributed by atoms with Crippen LogP contribution in [0.15, 0.2) is 0 Å². The molecule has 1 aliphatic carbocycles. The summed E-state index contributed by atoms with van der Waals surface area (Å²) in [5, 5.41) is 3.75. The van der Waals surface area contributed by atoms with Gasteiger partial charge in [0.05, 0.1) is 5.60 Å². The summed E-state index contributed by atoms with van der Waals surface area (Å²) in [6.07, 6.45) is 16.2. The molecular weight excluding hydrogens is 258 g/mol. The van der Waals surface area contributed by atoms with Gasteiger partial charge in [-0.15, -0.1) is 0 Å². The van der Waals surface area contributed by atoms with Crippen molar-refractivity contribution in [3.63, 3.8) is 0 Å². The Morgan fingerprint density at radius 3 is 2.62 bits per heavy atom. The molecule has 1 saturated carbocycles. The van der Waals surface area contributed by atoms with Crippen molar-refractivity contribution in [2.45, 2.75) is 103 Å². The van der Waals surface area contributed by atoms with Crippen LogP contribution < -0.4 is 5.32 Å². The van der Waals surface area contributed by atoms with Crippen molar-refractivity contribution in [1.82, 2.24) is 5.32 Å². The van der Waals surface area contributed by atoms with Crippen LogP contribution in [0.4, 0.5) is 0 Å². The van der Waals surface area contributed by atoms with Gasteiger partial charge in [0, 0.05) is 12.6 Å². The van der Waals surface area contributed by atoms with Crippen LogP contribution in [0.1, 0.15) is 90.9 Å². The molecule has 0 aromatic rings. The van der Waals surface area contributed by atoms with Gasteiger partial charge >= 0.3 is 0 Å². The Kier molecular flexibility index (Phi) is 7.53. The lowest BCUT2D eigenvalue weighted by Crippen LogP contribution is -2.41. The highest BCUT2D eigenvalue weighted by atomic mass is 16.5. The SMILES string of the molecule is CCCNC(CCC)CCC1CCOC2(CCCCC2)C1. The van der Waals surface area contributed by atoms with Crippen molar-refractivity contribution in [3.8, 4) is 0 Å². The molecule has 1 spiro atoms. The predicted molar refractivity (Wildman–Crippen MR) is 90.7 cm³/mol. The van der Waals surface area contributed by atoms with Crippen LogP contribution in [0.25, 0.3) is 0 Å². The summed E-state index contributed by atoms with van der Waals surface area (Å²) in [4.78, 5) is 0. The first-order chi connectivity index (χ1) is 10.3. The zero-order valence-electron chi connectivity index (χ0n) is 14.5. The van der Waals surface area contributed by atoms with Crippen LogP contribution in [0, 0.1) is 5.92 Å². The van der Waals surface area contributed by atoms with E-state index in [1.165, 1.54) is 83.6 Å². The van der Waals surface area contributed by atoms with E-state index in [1.807, 2.05) is 0 Å². The van der Waals surface area contributed by atoms with Crippen LogP contribution in [0.5, 0.6) is 0 Å². The minimum absolute atomic E-state index is 0.290. The lowest BCUT2D eigenvalue weighted by atomic mass is 9.74. The quantitative estimate of drug-likeness (QED) is 0.675. The Hall–Kier alpha value is -0.0800. The molecule has 2 aliphatic rings. The average Bonchev–Trinajstić information content (AvgIpc) is 2.51. The van der Waals surface area contributed by atoms with Crippen molar-refractivity contribution < 1.29 is 4.74 Å². The van der Waals surface area contributed by atoms with Crippen molar-refractivity contribution in [2.24, 2.45) is 5.92 Å². The molecule has 0 aromatic heterocycles. The van der Waals surface area contributed by atoms with E-state index in [0.29, 0.717) is 0 Å². The predicted octanol–water partition coefficient (Wildman–Crippen LogP) is 5.06. The second kappa shape index (κ2) is 9.15. The molecule has 1 saturated heterocycles. The molecule has 0 bridgehead atoms. The van der Waals surface area contributed by atoms with Gasteiger partial charge in [-0.05, 0) is 63.8 Å². The van der Waals surface area contributed by atoms with Gasteiger partial charge < -0.3 is 10.1 Å². The van der Waals surface area contributed by atoms with Gasteiger partial charge in [0.25, 0.3) is 0 Å². The lowest BCUT2D eigenvalue weighted by molar-refractivity contribution is -0.118. The zero-order valence-corrected chi connectivity index (χ0v) is 14.5. The highest BCUT2D eigenvalue weighted by Crippen LogP contribution is 2.41. The Balaban J connectivity index is 1.75. The van der Waals surface area contributed by atoms with Crippen molar-refractivity contribution in [1.29, 1.82) is 0 Å². The van der Waals surface area contributed by atoms with Crippen LogP contribution in [-0.4, -0.2) is 24.8 Å². The van der Waals surface area contributed by atoms with E-state index in [-0.39, 0.29) is 5.60 Å². The molecule has 0 aromatic carbocycles. The molecule has 1 aliphatic heterocycles. The second-order valence-corrected chi connectivity index (χ2v) is 7.47. The van der Waals surface area contributed by atoms with Crippen molar-refractivity contribution >= 4 is 0 Å². The summed E-state index contributed by atoms with van der Waals surface area (Å²) < 4.78 is 6.24. The van der Waals surface area contributed by atoms with E-state index in [1.54, 1.807) is 0 Å².